The Bertz CT molecular complexity index is 287. The predicted molar refractivity (Wildman–Crippen MR) is 83.3 cm³/mol. The molecule has 1 aliphatic carbocycles. The van der Waals surface area contributed by atoms with Gasteiger partial charge in [-0.2, -0.15) is 0 Å². The molecule has 2 fully saturated rings. The van der Waals surface area contributed by atoms with Gasteiger partial charge in [-0.05, 0) is 33.2 Å². The Hall–Kier alpha value is -0.0300. The molecule has 3 atom stereocenters. The second-order valence-electron chi connectivity index (χ2n) is 5.68. The molecule has 0 aromatic rings. The largest absolute Gasteiger partial charge is 0.352 e. The molecule has 2 rings (SSSR count). The van der Waals surface area contributed by atoms with Gasteiger partial charge in [0.25, 0.3) is 0 Å². The van der Waals surface area contributed by atoms with Crippen LogP contribution in [-0.2, 0) is 4.79 Å². The van der Waals surface area contributed by atoms with Gasteiger partial charge in [-0.15, -0.1) is 24.8 Å². The molecule has 2 N–H and O–H groups in total. The quantitative estimate of drug-likeness (QED) is 0.807. The van der Waals surface area contributed by atoms with E-state index >= 15 is 0 Å². The number of halogens is 2. The topological polar surface area (TPSA) is 44.4 Å². The average Bonchev–Trinajstić information content (AvgIpc) is 3.04. The molecule has 2 aliphatic rings. The molecular weight excluding hydrogens is 285 g/mol. The Kier molecular flexibility index (Phi) is 8.29. The van der Waals surface area contributed by atoms with Gasteiger partial charge < -0.3 is 10.6 Å². The second-order valence-corrected chi connectivity index (χ2v) is 5.68. The van der Waals surface area contributed by atoms with Crippen molar-refractivity contribution in [3.8, 4) is 0 Å². The molecule has 19 heavy (non-hydrogen) atoms. The summed E-state index contributed by atoms with van der Waals surface area (Å²) in [5.41, 5.74) is 0. The highest BCUT2D eigenvalue weighted by atomic mass is 35.5. The SMILES string of the molecule is CNCC(C)C(=O)NC1CC(C)N(C2CC2)C1.Cl.Cl. The first-order chi connectivity index (χ1) is 8.11. The van der Waals surface area contributed by atoms with E-state index in [0.717, 1.165) is 25.6 Å². The number of nitrogens with one attached hydrogen (secondary N) is 2. The summed E-state index contributed by atoms with van der Waals surface area (Å²) in [7, 11) is 1.89. The highest BCUT2D eigenvalue weighted by Crippen LogP contribution is 2.33. The van der Waals surface area contributed by atoms with Crippen molar-refractivity contribution in [1.29, 1.82) is 0 Å². The third-order valence-electron chi connectivity index (χ3n) is 3.94. The van der Waals surface area contributed by atoms with Crippen LogP contribution < -0.4 is 10.6 Å². The van der Waals surface area contributed by atoms with Crippen molar-refractivity contribution in [2.45, 2.75) is 51.2 Å². The predicted octanol–water partition coefficient (Wildman–Crippen LogP) is 1.43. The Morgan fingerprint density at radius 3 is 2.53 bits per heavy atom. The fourth-order valence-electron chi connectivity index (χ4n) is 2.82. The second kappa shape index (κ2) is 8.30. The fourth-order valence-corrected chi connectivity index (χ4v) is 2.82. The van der Waals surface area contributed by atoms with Gasteiger partial charge in [0.2, 0.25) is 5.91 Å². The summed E-state index contributed by atoms with van der Waals surface area (Å²) in [6.45, 7) is 6.05. The molecule has 0 aromatic heterocycles. The molecule has 1 saturated carbocycles. The van der Waals surface area contributed by atoms with Crippen LogP contribution in [0.25, 0.3) is 0 Å². The molecule has 1 amide bonds. The van der Waals surface area contributed by atoms with Crippen LogP contribution in [0.5, 0.6) is 0 Å². The van der Waals surface area contributed by atoms with Gasteiger partial charge in [0, 0.05) is 37.1 Å². The molecule has 0 aromatic carbocycles. The van der Waals surface area contributed by atoms with E-state index in [1.165, 1.54) is 12.8 Å². The lowest BCUT2D eigenvalue weighted by Crippen LogP contribution is -2.42. The minimum atomic E-state index is 0. The molecule has 114 valence electrons. The fraction of sp³-hybridized carbons (Fsp3) is 0.923. The minimum absolute atomic E-state index is 0. The van der Waals surface area contributed by atoms with E-state index in [1.54, 1.807) is 0 Å². The van der Waals surface area contributed by atoms with Crippen LogP contribution in [0.2, 0.25) is 0 Å². The van der Waals surface area contributed by atoms with Crippen molar-refractivity contribution in [2.75, 3.05) is 20.1 Å². The smallest absolute Gasteiger partial charge is 0.224 e. The maximum absolute atomic E-state index is 11.9. The number of nitrogens with zero attached hydrogens (tertiary/aromatic N) is 1. The molecule has 4 nitrogen and oxygen atoms in total. The zero-order valence-corrected chi connectivity index (χ0v) is 13.6. The van der Waals surface area contributed by atoms with Crippen molar-refractivity contribution in [3.05, 3.63) is 0 Å². The van der Waals surface area contributed by atoms with Gasteiger partial charge in [0.15, 0.2) is 0 Å². The zero-order valence-electron chi connectivity index (χ0n) is 12.0. The third kappa shape index (κ3) is 5.10. The van der Waals surface area contributed by atoms with Gasteiger partial charge in [-0.1, -0.05) is 6.92 Å². The van der Waals surface area contributed by atoms with Crippen molar-refractivity contribution >= 4 is 30.7 Å². The minimum Gasteiger partial charge on any atom is -0.352 e. The highest BCUT2D eigenvalue weighted by Gasteiger charge is 2.39. The van der Waals surface area contributed by atoms with Gasteiger partial charge in [-0.3, -0.25) is 9.69 Å². The number of amides is 1. The van der Waals surface area contributed by atoms with E-state index < -0.39 is 0 Å². The summed E-state index contributed by atoms with van der Waals surface area (Å²) >= 11 is 0. The van der Waals surface area contributed by atoms with Crippen molar-refractivity contribution in [2.24, 2.45) is 5.92 Å². The standard InChI is InChI=1S/C13H25N3O.2ClH/c1-9(7-14-3)13(17)15-11-6-10(2)16(8-11)12-4-5-12;;/h9-12,14H,4-8H2,1-3H3,(H,15,17);2*1H. The molecule has 1 heterocycles. The lowest BCUT2D eigenvalue weighted by Gasteiger charge is -2.20. The van der Waals surface area contributed by atoms with Crippen LogP contribution in [0.15, 0.2) is 0 Å². The van der Waals surface area contributed by atoms with E-state index in [9.17, 15) is 4.79 Å². The van der Waals surface area contributed by atoms with Crippen molar-refractivity contribution in [3.63, 3.8) is 0 Å². The number of likely N-dealkylation sites (tertiary alicyclic amines) is 1. The number of carbonyl (C=O) groups is 1. The Morgan fingerprint density at radius 1 is 1.37 bits per heavy atom. The summed E-state index contributed by atoms with van der Waals surface area (Å²) in [6.07, 6.45) is 3.80. The van der Waals surface area contributed by atoms with Gasteiger partial charge >= 0.3 is 0 Å². The molecule has 0 radical (unpaired) electrons. The van der Waals surface area contributed by atoms with Crippen molar-refractivity contribution < 1.29 is 4.79 Å². The van der Waals surface area contributed by atoms with Crippen LogP contribution in [-0.4, -0.2) is 49.1 Å². The van der Waals surface area contributed by atoms with Crippen LogP contribution in [0, 0.1) is 5.92 Å². The maximum Gasteiger partial charge on any atom is 0.224 e. The first-order valence-electron chi connectivity index (χ1n) is 6.82. The number of hydrogen-bond donors (Lipinski definition) is 2. The van der Waals surface area contributed by atoms with E-state index in [2.05, 4.69) is 22.5 Å². The number of carbonyl (C=O) groups excluding carboxylic acids is 1. The van der Waals surface area contributed by atoms with E-state index in [4.69, 9.17) is 0 Å². The normalized spacial score (nSPS) is 28.2. The van der Waals surface area contributed by atoms with E-state index in [0.29, 0.717) is 12.1 Å². The third-order valence-corrected chi connectivity index (χ3v) is 3.94. The molecule has 0 bridgehead atoms. The summed E-state index contributed by atoms with van der Waals surface area (Å²) in [4.78, 5) is 14.5. The monoisotopic (exact) mass is 311 g/mol. The molecular formula is C13H27Cl2N3O. The Balaban J connectivity index is 0.00000162. The van der Waals surface area contributed by atoms with Crippen LogP contribution in [0.1, 0.15) is 33.1 Å². The van der Waals surface area contributed by atoms with Gasteiger partial charge in [-0.25, -0.2) is 0 Å². The summed E-state index contributed by atoms with van der Waals surface area (Å²) in [6, 6.07) is 1.80. The Morgan fingerprint density at radius 2 is 2.00 bits per heavy atom. The lowest BCUT2D eigenvalue weighted by atomic mass is 10.1. The number of rotatable bonds is 5. The molecule has 0 spiro atoms. The number of hydrogen-bond acceptors (Lipinski definition) is 3. The van der Waals surface area contributed by atoms with Crippen LogP contribution in [0.4, 0.5) is 0 Å². The average molecular weight is 312 g/mol. The summed E-state index contributed by atoms with van der Waals surface area (Å²) in [5.74, 6) is 0.250. The van der Waals surface area contributed by atoms with Crippen molar-refractivity contribution in [1.82, 2.24) is 15.5 Å². The molecule has 6 heteroatoms. The molecule has 1 saturated heterocycles. The summed E-state index contributed by atoms with van der Waals surface area (Å²) in [5, 5.41) is 6.23. The van der Waals surface area contributed by atoms with Crippen LogP contribution >= 0.6 is 24.8 Å². The molecule has 1 aliphatic heterocycles. The Labute approximate surface area is 128 Å². The van der Waals surface area contributed by atoms with Gasteiger partial charge in [0.05, 0.1) is 0 Å². The maximum atomic E-state index is 11.9. The molecule has 3 unspecified atom stereocenters. The van der Waals surface area contributed by atoms with Gasteiger partial charge in [0.1, 0.15) is 0 Å². The first-order valence-corrected chi connectivity index (χ1v) is 6.82. The van der Waals surface area contributed by atoms with Crippen LogP contribution in [0.3, 0.4) is 0 Å². The van der Waals surface area contributed by atoms with E-state index in [1.807, 2.05) is 14.0 Å². The van der Waals surface area contributed by atoms with E-state index in [-0.39, 0.29) is 36.6 Å². The first kappa shape index (κ1) is 19.0. The summed E-state index contributed by atoms with van der Waals surface area (Å²) < 4.78 is 0. The zero-order chi connectivity index (χ0) is 12.4. The highest BCUT2D eigenvalue weighted by molar-refractivity contribution is 5.85. The lowest BCUT2D eigenvalue weighted by molar-refractivity contribution is -0.125.